The molecule has 0 saturated carbocycles. The normalized spacial score (nSPS) is 13.4. The molecule has 0 atom stereocenters. The summed E-state index contributed by atoms with van der Waals surface area (Å²) in [4.78, 5) is 0. The van der Waals surface area contributed by atoms with E-state index in [2.05, 4.69) is 0 Å². The molecule has 0 aliphatic rings. The van der Waals surface area contributed by atoms with Gasteiger partial charge in [0.2, 0.25) is 0 Å². The topological polar surface area (TPSA) is 163 Å². The molecule has 9 nitrogen and oxygen atoms in total. The van der Waals surface area contributed by atoms with E-state index in [0.29, 0.717) is 0 Å². The van der Waals surface area contributed by atoms with Gasteiger partial charge in [0.05, 0.1) is 0 Å². The molecule has 3 N–H and O–H groups in total. The van der Waals surface area contributed by atoms with E-state index in [4.69, 9.17) is 38.9 Å². The maximum Gasteiger partial charge on any atom is 0.522 e. The minimum Gasteiger partial charge on any atom is -0.279 e. The average Bonchev–Trinajstić information content (AvgIpc) is 2.08. The van der Waals surface area contributed by atoms with Crippen molar-refractivity contribution in [1.82, 2.24) is 0 Å². The van der Waals surface area contributed by atoms with Crippen LogP contribution in [0.4, 0.5) is 39.5 Å². The van der Waals surface area contributed by atoms with Crippen LogP contribution in [-0.2, 0) is 30.4 Å². The number of rotatable bonds is 0. The zero-order valence-electron chi connectivity index (χ0n) is 10.2. The SMILES string of the molecule is O=S(=O)(O)C(F)(F)F.O=S(=O)(O)C(F)(F)F.O=S(=O)(O)C(F)(F)F.[Dy]. The Bertz CT molecular complexity index is 596. The Labute approximate surface area is 162 Å². The second-order valence-electron chi connectivity index (χ2n) is 2.76. The summed E-state index contributed by atoms with van der Waals surface area (Å²) in [6.07, 6.45) is 0. The molecule has 0 bridgehead atoms. The predicted molar refractivity (Wildman–Crippen MR) is 52.8 cm³/mol. The van der Waals surface area contributed by atoms with Crippen LogP contribution in [-0.4, -0.2) is 55.4 Å². The van der Waals surface area contributed by atoms with Crippen LogP contribution in [0.2, 0.25) is 0 Å². The summed E-state index contributed by atoms with van der Waals surface area (Å²) in [5.41, 5.74) is -16.6. The van der Waals surface area contributed by atoms with Gasteiger partial charge in [0.1, 0.15) is 0 Å². The van der Waals surface area contributed by atoms with E-state index in [9.17, 15) is 39.5 Å². The maximum atomic E-state index is 10.7. The molecule has 160 valence electrons. The molecule has 0 amide bonds. The molecule has 0 fully saturated rings. The molecular weight excluding hydrogens is 610 g/mol. The number of halogens is 9. The van der Waals surface area contributed by atoms with Crippen LogP contribution in [0.15, 0.2) is 0 Å². The van der Waals surface area contributed by atoms with E-state index >= 15 is 0 Å². The van der Waals surface area contributed by atoms with Crippen molar-refractivity contribution < 1.29 is 117 Å². The Kier molecular flexibility index (Phi) is 13.3. The van der Waals surface area contributed by atoms with Crippen LogP contribution >= 0.6 is 0 Å². The van der Waals surface area contributed by atoms with Crippen molar-refractivity contribution in [3.05, 3.63) is 0 Å². The summed E-state index contributed by atoms with van der Waals surface area (Å²) < 4.78 is 173. The van der Waals surface area contributed by atoms with Gasteiger partial charge in [-0.15, -0.1) is 0 Å². The van der Waals surface area contributed by atoms with Crippen LogP contribution < -0.4 is 0 Å². The van der Waals surface area contributed by atoms with E-state index in [1.165, 1.54) is 0 Å². The average molecular weight is 613 g/mol. The van der Waals surface area contributed by atoms with Crippen molar-refractivity contribution >= 4 is 30.4 Å². The Balaban J connectivity index is -0.000000130. The first-order chi connectivity index (χ1) is 9.75. The van der Waals surface area contributed by atoms with Crippen molar-refractivity contribution in [1.29, 1.82) is 0 Å². The Morgan fingerprint density at radius 3 is 0.480 bits per heavy atom. The van der Waals surface area contributed by atoms with Crippen molar-refractivity contribution in [3.8, 4) is 0 Å². The maximum absolute atomic E-state index is 10.7. The van der Waals surface area contributed by atoms with Crippen molar-refractivity contribution in [2.24, 2.45) is 0 Å². The van der Waals surface area contributed by atoms with Gasteiger partial charge < -0.3 is 0 Å². The van der Waals surface area contributed by atoms with E-state index < -0.39 is 46.9 Å². The van der Waals surface area contributed by atoms with Gasteiger partial charge in [0, 0.05) is 38.2 Å². The first kappa shape index (κ1) is 33.0. The molecule has 0 aliphatic heterocycles. The first-order valence-corrected chi connectivity index (χ1v) is 8.18. The molecular formula is C3H3DyF9O9S3. The Hall–Kier alpha value is 0.373. The second-order valence-corrected chi connectivity index (χ2v) is 7.00. The predicted octanol–water partition coefficient (Wildman–Crippen LogP) is 1.18. The monoisotopic (exact) mass is 614 g/mol. The van der Waals surface area contributed by atoms with E-state index in [1.807, 2.05) is 0 Å². The number of hydrogen-bond donors (Lipinski definition) is 3. The molecule has 0 unspecified atom stereocenters. The summed E-state index contributed by atoms with van der Waals surface area (Å²) in [6, 6.07) is 0. The fraction of sp³-hybridized carbons (Fsp3) is 1.00. The molecule has 25 heavy (non-hydrogen) atoms. The molecule has 0 rings (SSSR count). The zero-order valence-corrected chi connectivity index (χ0v) is 14.7. The molecule has 22 heteroatoms. The third-order valence-electron chi connectivity index (χ3n) is 0.877. The molecule has 0 aromatic carbocycles. The van der Waals surface area contributed by atoms with Gasteiger partial charge in [-0.2, -0.15) is 64.8 Å². The van der Waals surface area contributed by atoms with Crippen molar-refractivity contribution in [2.75, 3.05) is 0 Å². The first-order valence-electron chi connectivity index (χ1n) is 3.86. The fourth-order valence-electron chi connectivity index (χ4n) is 0. The summed E-state index contributed by atoms with van der Waals surface area (Å²) in [5, 5.41) is 0. The summed E-state index contributed by atoms with van der Waals surface area (Å²) >= 11 is 0. The fourth-order valence-corrected chi connectivity index (χ4v) is 0. The molecule has 0 spiro atoms. The molecule has 0 aliphatic carbocycles. The summed E-state index contributed by atoms with van der Waals surface area (Å²) in [6.45, 7) is 0. The minimum atomic E-state index is -5.84. The van der Waals surface area contributed by atoms with Gasteiger partial charge >= 0.3 is 46.9 Å². The quantitative estimate of drug-likeness (QED) is 0.207. The van der Waals surface area contributed by atoms with Gasteiger partial charge in [-0.25, -0.2) is 0 Å². The smallest absolute Gasteiger partial charge is 0.279 e. The van der Waals surface area contributed by atoms with Gasteiger partial charge in [-0.1, -0.05) is 0 Å². The van der Waals surface area contributed by atoms with Gasteiger partial charge in [-0.3, -0.25) is 13.7 Å². The zero-order chi connectivity index (χ0) is 21.0. The molecule has 0 aromatic rings. The Morgan fingerprint density at radius 2 is 0.480 bits per heavy atom. The molecule has 0 saturated heterocycles. The number of alkyl halides is 9. The third-order valence-corrected chi connectivity index (χ3v) is 2.63. The minimum absolute atomic E-state index is 0. The van der Waals surface area contributed by atoms with E-state index in [-0.39, 0.29) is 38.2 Å². The third kappa shape index (κ3) is 16.3. The standard InChI is InChI=1S/3CHF3O3S.Dy/c3*2-1(3,4)8(5,6)7;/h3*(H,5,6,7);. The van der Waals surface area contributed by atoms with E-state index in [1.54, 1.807) is 0 Å². The van der Waals surface area contributed by atoms with Crippen LogP contribution in [0, 0.1) is 38.2 Å². The van der Waals surface area contributed by atoms with E-state index in [0.717, 1.165) is 0 Å². The van der Waals surface area contributed by atoms with Crippen LogP contribution in [0.25, 0.3) is 0 Å². The van der Waals surface area contributed by atoms with Crippen LogP contribution in [0.3, 0.4) is 0 Å². The van der Waals surface area contributed by atoms with Crippen LogP contribution in [0.5, 0.6) is 0 Å². The molecule has 0 radical (unpaired) electrons. The molecule has 0 heterocycles. The summed E-state index contributed by atoms with van der Waals surface area (Å²) in [5.74, 6) is 0. The molecule has 0 aromatic heterocycles. The Morgan fingerprint density at radius 1 is 0.440 bits per heavy atom. The van der Waals surface area contributed by atoms with Crippen molar-refractivity contribution in [3.63, 3.8) is 0 Å². The van der Waals surface area contributed by atoms with Crippen molar-refractivity contribution in [2.45, 2.75) is 16.5 Å². The second kappa shape index (κ2) is 10.1. The summed E-state index contributed by atoms with van der Waals surface area (Å²) in [7, 11) is -17.5. The van der Waals surface area contributed by atoms with Gasteiger partial charge in [-0.05, 0) is 0 Å². The largest absolute Gasteiger partial charge is 0.522 e. The van der Waals surface area contributed by atoms with Crippen LogP contribution in [0.1, 0.15) is 0 Å². The number of hydrogen-bond acceptors (Lipinski definition) is 6. The van der Waals surface area contributed by atoms with Gasteiger partial charge in [0.15, 0.2) is 0 Å². The van der Waals surface area contributed by atoms with Gasteiger partial charge in [0.25, 0.3) is 0 Å².